The Bertz CT molecular complexity index is 827. The molecule has 1 saturated carbocycles. The van der Waals surface area contributed by atoms with Gasteiger partial charge in [0.15, 0.2) is 11.6 Å². The van der Waals surface area contributed by atoms with Gasteiger partial charge >= 0.3 is 0 Å². The number of nitrogens with zero attached hydrogens (tertiary/aromatic N) is 1. The molecule has 0 saturated heterocycles. The molecule has 0 amide bonds. The lowest BCUT2D eigenvalue weighted by atomic mass is 9.97. The summed E-state index contributed by atoms with van der Waals surface area (Å²) in [6, 6.07) is 3.62. The second kappa shape index (κ2) is 10.1. The molecule has 1 aliphatic rings. The summed E-state index contributed by atoms with van der Waals surface area (Å²) in [6.07, 6.45) is 9.44. The summed E-state index contributed by atoms with van der Waals surface area (Å²) < 4.78 is 39.4. The molecule has 2 N–H and O–H groups in total. The van der Waals surface area contributed by atoms with Crippen molar-refractivity contribution in [3.05, 3.63) is 46.6 Å². The molecule has 1 aromatic carbocycles. The summed E-state index contributed by atoms with van der Waals surface area (Å²) >= 11 is 5.92. The summed E-state index contributed by atoms with van der Waals surface area (Å²) in [5.41, 5.74) is 5.83. The van der Waals surface area contributed by atoms with Crippen LogP contribution in [-0.4, -0.2) is 11.6 Å². The lowest BCUT2D eigenvalue weighted by molar-refractivity contribution is 0.218. The minimum atomic E-state index is -0.858. The van der Waals surface area contributed by atoms with E-state index in [1.54, 1.807) is 13.0 Å². The van der Waals surface area contributed by atoms with E-state index in [0.717, 1.165) is 18.6 Å². The average Bonchev–Trinajstić information content (AvgIpc) is 2.96. The minimum absolute atomic E-state index is 0.0641. The first-order valence-electron chi connectivity index (χ1n) is 10.1. The SMILES string of the molecule is CC(Oc1cc(OCCC2CCCCCC2)cnc1N)c1c(F)ccc(F)c1Cl. The molecule has 0 bridgehead atoms. The summed E-state index contributed by atoms with van der Waals surface area (Å²) in [5, 5.41) is -0.306. The highest BCUT2D eigenvalue weighted by atomic mass is 35.5. The molecule has 0 spiro atoms. The molecule has 1 atom stereocenters. The third kappa shape index (κ3) is 5.72. The van der Waals surface area contributed by atoms with Crippen molar-refractivity contribution in [1.29, 1.82) is 0 Å². The Labute approximate surface area is 175 Å². The molecular formula is C22H27ClF2N2O2. The van der Waals surface area contributed by atoms with Crippen LogP contribution in [0.4, 0.5) is 14.6 Å². The average molecular weight is 425 g/mol. The van der Waals surface area contributed by atoms with Gasteiger partial charge in [-0.2, -0.15) is 0 Å². The lowest BCUT2D eigenvalue weighted by Crippen LogP contribution is -2.10. The smallest absolute Gasteiger partial charge is 0.166 e. The van der Waals surface area contributed by atoms with Crippen molar-refractivity contribution < 1.29 is 18.3 Å². The van der Waals surface area contributed by atoms with Crippen molar-refractivity contribution in [2.24, 2.45) is 5.92 Å². The van der Waals surface area contributed by atoms with Crippen LogP contribution in [-0.2, 0) is 0 Å². The second-order valence-corrected chi connectivity index (χ2v) is 7.94. The van der Waals surface area contributed by atoms with Crippen LogP contribution in [0.15, 0.2) is 24.4 Å². The topological polar surface area (TPSA) is 57.4 Å². The van der Waals surface area contributed by atoms with Gasteiger partial charge in [0, 0.05) is 11.6 Å². The van der Waals surface area contributed by atoms with E-state index in [1.807, 2.05) is 0 Å². The van der Waals surface area contributed by atoms with Crippen molar-refractivity contribution in [3.8, 4) is 11.5 Å². The predicted molar refractivity (Wildman–Crippen MR) is 110 cm³/mol. The van der Waals surface area contributed by atoms with Gasteiger partial charge in [-0.1, -0.05) is 50.1 Å². The highest BCUT2D eigenvalue weighted by Crippen LogP contribution is 2.34. The van der Waals surface area contributed by atoms with Gasteiger partial charge in [-0.25, -0.2) is 13.8 Å². The third-order valence-corrected chi connectivity index (χ3v) is 5.80. The van der Waals surface area contributed by atoms with Crippen molar-refractivity contribution in [1.82, 2.24) is 4.98 Å². The molecule has 0 aliphatic heterocycles. The number of hydrogen-bond acceptors (Lipinski definition) is 4. The van der Waals surface area contributed by atoms with E-state index in [9.17, 15) is 8.78 Å². The standard InChI is InChI=1S/C22H27ClF2N2O2/c1-14(20-17(24)8-9-18(25)21(20)23)29-19-12-16(13-27-22(19)26)28-11-10-15-6-4-2-3-5-7-15/h8-9,12-15H,2-7,10-11H2,1H3,(H2,26,27). The number of halogens is 3. The summed E-state index contributed by atoms with van der Waals surface area (Å²) in [7, 11) is 0. The fourth-order valence-electron chi connectivity index (χ4n) is 3.77. The Kier molecular flexibility index (Phi) is 7.53. The van der Waals surface area contributed by atoms with Gasteiger partial charge in [-0.15, -0.1) is 0 Å². The summed E-state index contributed by atoms with van der Waals surface area (Å²) in [4.78, 5) is 4.10. The van der Waals surface area contributed by atoms with Gasteiger partial charge < -0.3 is 15.2 Å². The van der Waals surface area contributed by atoms with E-state index in [4.69, 9.17) is 26.8 Å². The minimum Gasteiger partial charge on any atom is -0.492 e. The van der Waals surface area contributed by atoms with Crippen molar-refractivity contribution in [3.63, 3.8) is 0 Å². The monoisotopic (exact) mass is 424 g/mol. The number of nitrogen functional groups attached to an aromatic ring is 1. The fourth-order valence-corrected chi connectivity index (χ4v) is 4.08. The van der Waals surface area contributed by atoms with Crippen LogP contribution in [0.25, 0.3) is 0 Å². The third-order valence-electron chi connectivity index (χ3n) is 5.42. The Morgan fingerprint density at radius 1 is 1.17 bits per heavy atom. The summed E-state index contributed by atoms with van der Waals surface area (Å²) in [5.74, 6) is 0.255. The quantitative estimate of drug-likeness (QED) is 0.408. The first-order valence-corrected chi connectivity index (χ1v) is 10.5. The summed E-state index contributed by atoms with van der Waals surface area (Å²) in [6.45, 7) is 2.17. The van der Waals surface area contributed by atoms with Gasteiger partial charge in [0.25, 0.3) is 0 Å². The Morgan fingerprint density at radius 3 is 2.59 bits per heavy atom. The van der Waals surface area contributed by atoms with Crippen LogP contribution in [0, 0.1) is 17.6 Å². The highest BCUT2D eigenvalue weighted by Gasteiger charge is 2.21. The van der Waals surface area contributed by atoms with E-state index < -0.39 is 17.7 Å². The lowest BCUT2D eigenvalue weighted by Gasteiger charge is -2.19. The first kappa shape index (κ1) is 21.6. The van der Waals surface area contributed by atoms with Crippen LogP contribution >= 0.6 is 11.6 Å². The largest absolute Gasteiger partial charge is 0.492 e. The van der Waals surface area contributed by atoms with Crippen LogP contribution in [0.5, 0.6) is 11.5 Å². The Morgan fingerprint density at radius 2 is 1.86 bits per heavy atom. The molecule has 7 heteroatoms. The first-order chi connectivity index (χ1) is 14.0. The van der Waals surface area contributed by atoms with Gasteiger partial charge in [0.2, 0.25) is 0 Å². The maximum atomic E-state index is 14.1. The van der Waals surface area contributed by atoms with Crippen LogP contribution in [0.1, 0.15) is 63.5 Å². The number of hydrogen-bond donors (Lipinski definition) is 1. The molecular weight excluding hydrogens is 398 g/mol. The molecule has 2 aromatic rings. The maximum Gasteiger partial charge on any atom is 0.166 e. The predicted octanol–water partition coefficient (Wildman–Crippen LogP) is 6.47. The van der Waals surface area contributed by atoms with E-state index in [0.29, 0.717) is 18.3 Å². The van der Waals surface area contributed by atoms with Gasteiger partial charge in [-0.05, 0) is 31.4 Å². The molecule has 3 rings (SSSR count). The molecule has 1 aromatic heterocycles. The molecule has 0 radical (unpaired) electrons. The van der Waals surface area contributed by atoms with E-state index in [-0.39, 0.29) is 22.2 Å². The normalized spacial score (nSPS) is 16.3. The van der Waals surface area contributed by atoms with Crippen molar-refractivity contribution >= 4 is 17.4 Å². The zero-order valence-corrected chi connectivity index (χ0v) is 17.4. The van der Waals surface area contributed by atoms with Gasteiger partial charge in [0.1, 0.15) is 23.5 Å². The van der Waals surface area contributed by atoms with Crippen molar-refractivity contribution in [2.75, 3.05) is 12.3 Å². The molecule has 4 nitrogen and oxygen atoms in total. The van der Waals surface area contributed by atoms with Crippen molar-refractivity contribution in [2.45, 2.75) is 58.0 Å². The van der Waals surface area contributed by atoms with Gasteiger partial charge in [0.05, 0.1) is 17.8 Å². The van der Waals surface area contributed by atoms with Crippen LogP contribution < -0.4 is 15.2 Å². The highest BCUT2D eigenvalue weighted by molar-refractivity contribution is 6.31. The molecule has 1 fully saturated rings. The zero-order chi connectivity index (χ0) is 20.8. The van der Waals surface area contributed by atoms with Crippen LogP contribution in [0.2, 0.25) is 5.02 Å². The zero-order valence-electron chi connectivity index (χ0n) is 16.6. The van der Waals surface area contributed by atoms with E-state index >= 15 is 0 Å². The molecule has 1 unspecified atom stereocenters. The number of ether oxygens (including phenoxy) is 2. The Balaban J connectivity index is 1.64. The second-order valence-electron chi connectivity index (χ2n) is 7.57. The van der Waals surface area contributed by atoms with Crippen LogP contribution in [0.3, 0.4) is 0 Å². The maximum absolute atomic E-state index is 14.1. The number of benzene rings is 1. The number of pyridine rings is 1. The van der Waals surface area contributed by atoms with E-state index in [2.05, 4.69) is 4.98 Å². The number of aromatic nitrogens is 1. The number of rotatable bonds is 7. The Hall–Kier alpha value is -2.08. The molecule has 1 heterocycles. The molecule has 29 heavy (non-hydrogen) atoms. The number of nitrogens with two attached hydrogens (primary N) is 1. The number of anilines is 1. The fraction of sp³-hybridized carbons (Fsp3) is 0.500. The van der Waals surface area contributed by atoms with E-state index in [1.165, 1.54) is 44.7 Å². The molecule has 1 aliphatic carbocycles. The molecule has 158 valence electrons. The van der Waals surface area contributed by atoms with Gasteiger partial charge in [-0.3, -0.25) is 0 Å².